The van der Waals surface area contributed by atoms with Crippen LogP contribution in [0, 0.1) is 10.1 Å². The van der Waals surface area contributed by atoms with E-state index in [1.54, 1.807) is 54.6 Å². The molecular formula is C16H13NO3. The predicted molar refractivity (Wildman–Crippen MR) is 76.8 cm³/mol. The van der Waals surface area contributed by atoms with Crippen LogP contribution in [0.15, 0.2) is 66.4 Å². The normalized spacial score (nSPS) is 11.1. The molecule has 0 aromatic heterocycles. The van der Waals surface area contributed by atoms with Crippen LogP contribution >= 0.6 is 0 Å². The van der Waals surface area contributed by atoms with Gasteiger partial charge < -0.3 is 0 Å². The van der Waals surface area contributed by atoms with E-state index in [1.165, 1.54) is 6.08 Å². The minimum absolute atomic E-state index is 0.106. The Hall–Kier alpha value is -2.75. The van der Waals surface area contributed by atoms with Crippen LogP contribution < -0.4 is 0 Å². The summed E-state index contributed by atoms with van der Waals surface area (Å²) in [4.78, 5) is 22.6. The summed E-state index contributed by atoms with van der Waals surface area (Å²) in [5.41, 5.74) is 1.08. The molecule has 20 heavy (non-hydrogen) atoms. The van der Waals surface area contributed by atoms with Gasteiger partial charge in [-0.3, -0.25) is 14.9 Å². The summed E-state index contributed by atoms with van der Waals surface area (Å²) in [6.45, 7) is 0. The topological polar surface area (TPSA) is 60.2 Å². The van der Waals surface area contributed by atoms with Crippen molar-refractivity contribution < 1.29 is 9.72 Å². The fourth-order valence-corrected chi connectivity index (χ4v) is 1.80. The highest BCUT2D eigenvalue weighted by Gasteiger charge is 2.17. The molecule has 0 spiro atoms. The predicted octanol–water partition coefficient (Wildman–Crippen LogP) is 3.58. The summed E-state index contributed by atoms with van der Waals surface area (Å²) in [6, 6.07) is 17.5. The molecule has 0 aliphatic heterocycles. The van der Waals surface area contributed by atoms with Gasteiger partial charge in [0, 0.05) is 11.6 Å². The van der Waals surface area contributed by atoms with Crippen LogP contribution in [0.5, 0.6) is 0 Å². The van der Waals surface area contributed by atoms with Crippen molar-refractivity contribution in [1.29, 1.82) is 0 Å². The minimum atomic E-state index is -0.506. The van der Waals surface area contributed by atoms with E-state index in [-0.39, 0.29) is 17.9 Å². The first kappa shape index (κ1) is 13.7. The second-order valence-electron chi connectivity index (χ2n) is 4.27. The summed E-state index contributed by atoms with van der Waals surface area (Å²) in [5.74, 6) is -0.260. The van der Waals surface area contributed by atoms with Crippen molar-refractivity contribution in [3.63, 3.8) is 0 Å². The van der Waals surface area contributed by atoms with Crippen LogP contribution in [0.2, 0.25) is 0 Å². The van der Waals surface area contributed by atoms with E-state index in [4.69, 9.17) is 0 Å². The number of benzene rings is 2. The standard InChI is InChI=1S/C16H13NO3/c18-16(14-9-5-2-6-10-14)12-15(17(19)20)11-13-7-3-1-4-8-13/h1-11H,12H2. The van der Waals surface area contributed by atoms with E-state index in [9.17, 15) is 14.9 Å². The molecular weight excluding hydrogens is 254 g/mol. The zero-order valence-corrected chi connectivity index (χ0v) is 10.7. The molecule has 0 radical (unpaired) electrons. The van der Waals surface area contributed by atoms with Crippen molar-refractivity contribution in [1.82, 2.24) is 0 Å². The molecule has 0 heterocycles. The van der Waals surface area contributed by atoms with Gasteiger partial charge >= 0.3 is 0 Å². The van der Waals surface area contributed by atoms with Crippen LogP contribution in [0.4, 0.5) is 0 Å². The lowest BCUT2D eigenvalue weighted by Gasteiger charge is -2.00. The van der Waals surface area contributed by atoms with Crippen LogP contribution in [0.3, 0.4) is 0 Å². The first-order chi connectivity index (χ1) is 9.66. The Balaban J connectivity index is 2.21. The maximum Gasteiger partial charge on any atom is 0.254 e. The quantitative estimate of drug-likeness (QED) is 0.472. The Kier molecular flexibility index (Phi) is 4.39. The molecule has 0 amide bonds. The Labute approximate surface area is 116 Å². The summed E-state index contributed by atoms with van der Waals surface area (Å²) < 4.78 is 0. The van der Waals surface area contributed by atoms with Crippen molar-refractivity contribution in [3.05, 3.63) is 87.6 Å². The largest absolute Gasteiger partial charge is 0.294 e. The molecule has 0 bridgehead atoms. The molecule has 0 saturated heterocycles. The number of allylic oxidation sites excluding steroid dienone is 1. The van der Waals surface area contributed by atoms with Crippen LogP contribution in [0.25, 0.3) is 6.08 Å². The number of nitro groups is 1. The molecule has 0 aliphatic rings. The van der Waals surface area contributed by atoms with E-state index in [2.05, 4.69) is 0 Å². The Bertz CT molecular complexity index is 633. The highest BCUT2D eigenvalue weighted by atomic mass is 16.6. The van der Waals surface area contributed by atoms with Gasteiger partial charge in [0.15, 0.2) is 5.78 Å². The maximum atomic E-state index is 12.0. The average molecular weight is 267 g/mol. The van der Waals surface area contributed by atoms with Crippen molar-refractivity contribution >= 4 is 11.9 Å². The third-order valence-corrected chi connectivity index (χ3v) is 2.80. The number of carbonyl (C=O) groups is 1. The van der Waals surface area contributed by atoms with Gasteiger partial charge in [0.2, 0.25) is 0 Å². The van der Waals surface area contributed by atoms with E-state index < -0.39 is 4.92 Å². The third-order valence-electron chi connectivity index (χ3n) is 2.80. The molecule has 100 valence electrons. The summed E-state index contributed by atoms with van der Waals surface area (Å²) in [6.07, 6.45) is 1.22. The monoisotopic (exact) mass is 267 g/mol. The highest BCUT2D eigenvalue weighted by Crippen LogP contribution is 2.14. The van der Waals surface area contributed by atoms with Crippen molar-refractivity contribution in [2.24, 2.45) is 0 Å². The SMILES string of the molecule is O=C(CC(=Cc1ccccc1)[N+](=O)[O-])c1ccccc1. The fraction of sp³-hybridized carbons (Fsp3) is 0.0625. The number of carbonyl (C=O) groups excluding carboxylic acids is 1. The molecule has 0 unspecified atom stereocenters. The van der Waals surface area contributed by atoms with Gasteiger partial charge in [0.05, 0.1) is 4.92 Å². The molecule has 0 saturated carbocycles. The van der Waals surface area contributed by atoms with Gasteiger partial charge in [-0.1, -0.05) is 60.7 Å². The maximum absolute atomic E-state index is 12.0. The molecule has 0 atom stereocenters. The first-order valence-electron chi connectivity index (χ1n) is 6.15. The molecule has 0 N–H and O–H groups in total. The van der Waals surface area contributed by atoms with Gasteiger partial charge in [-0.25, -0.2) is 0 Å². The van der Waals surface area contributed by atoms with Gasteiger partial charge in [0.1, 0.15) is 6.42 Å². The number of rotatable bonds is 5. The zero-order chi connectivity index (χ0) is 14.4. The van der Waals surface area contributed by atoms with Gasteiger partial charge in [-0.2, -0.15) is 0 Å². The molecule has 0 fully saturated rings. The van der Waals surface area contributed by atoms with Crippen LogP contribution in [-0.2, 0) is 0 Å². The van der Waals surface area contributed by atoms with Crippen LogP contribution in [0.1, 0.15) is 22.3 Å². The molecule has 2 aromatic rings. The zero-order valence-electron chi connectivity index (χ0n) is 10.7. The Morgan fingerprint density at radius 1 is 1.00 bits per heavy atom. The first-order valence-corrected chi connectivity index (χ1v) is 6.15. The lowest BCUT2D eigenvalue weighted by Crippen LogP contribution is -2.07. The molecule has 4 heteroatoms. The average Bonchev–Trinajstić information content (AvgIpc) is 2.48. The molecule has 2 rings (SSSR count). The molecule has 2 aromatic carbocycles. The smallest absolute Gasteiger partial charge is 0.254 e. The minimum Gasteiger partial charge on any atom is -0.294 e. The second-order valence-corrected chi connectivity index (χ2v) is 4.27. The molecule has 0 aliphatic carbocycles. The van der Waals surface area contributed by atoms with Crippen LogP contribution in [-0.4, -0.2) is 10.7 Å². The van der Waals surface area contributed by atoms with E-state index >= 15 is 0 Å². The van der Waals surface area contributed by atoms with E-state index in [1.807, 2.05) is 6.07 Å². The molecule has 4 nitrogen and oxygen atoms in total. The highest BCUT2D eigenvalue weighted by molar-refractivity contribution is 5.97. The van der Waals surface area contributed by atoms with Gasteiger partial charge in [-0.15, -0.1) is 0 Å². The summed E-state index contributed by atoms with van der Waals surface area (Å²) >= 11 is 0. The fourth-order valence-electron chi connectivity index (χ4n) is 1.80. The lowest BCUT2D eigenvalue weighted by molar-refractivity contribution is -0.424. The summed E-state index contributed by atoms with van der Waals surface area (Å²) in [7, 11) is 0. The number of nitrogens with zero attached hydrogens (tertiary/aromatic N) is 1. The van der Waals surface area contributed by atoms with Crippen molar-refractivity contribution in [3.8, 4) is 0 Å². The summed E-state index contributed by atoms with van der Waals surface area (Å²) in [5, 5.41) is 11.1. The number of hydrogen-bond donors (Lipinski definition) is 0. The number of Topliss-reactive ketones (excluding diaryl/α,β-unsaturated/α-hetero) is 1. The second kappa shape index (κ2) is 6.43. The number of hydrogen-bond acceptors (Lipinski definition) is 3. The Morgan fingerprint density at radius 3 is 2.10 bits per heavy atom. The van der Waals surface area contributed by atoms with E-state index in [0.717, 1.165) is 0 Å². The van der Waals surface area contributed by atoms with Gasteiger partial charge in [-0.05, 0) is 5.56 Å². The lowest BCUT2D eigenvalue weighted by atomic mass is 10.1. The van der Waals surface area contributed by atoms with E-state index in [0.29, 0.717) is 11.1 Å². The van der Waals surface area contributed by atoms with Gasteiger partial charge in [0.25, 0.3) is 5.70 Å². The van der Waals surface area contributed by atoms with Crippen molar-refractivity contribution in [2.45, 2.75) is 6.42 Å². The third kappa shape index (κ3) is 3.62. The number of ketones is 1. The Morgan fingerprint density at radius 2 is 1.55 bits per heavy atom. The van der Waals surface area contributed by atoms with Crippen molar-refractivity contribution in [2.75, 3.05) is 0 Å².